The van der Waals surface area contributed by atoms with E-state index in [2.05, 4.69) is 0 Å². The molecule has 0 fully saturated rings. The Labute approximate surface area is 366 Å². The largest absolute Gasteiger partial charge is 0.455 e. The number of fused-ring (bicyclic) bond motifs is 7. The molecule has 11 rings (SSSR count). The Bertz CT molecular complexity index is 5060. The summed E-state index contributed by atoms with van der Waals surface area (Å²) in [4.78, 5) is 0.359. The van der Waals surface area contributed by atoms with Gasteiger partial charge in [0.25, 0.3) is 0 Å². The van der Waals surface area contributed by atoms with Gasteiger partial charge in [-0.25, -0.2) is 0 Å². The molecule has 0 spiro atoms. The van der Waals surface area contributed by atoms with Crippen LogP contribution >= 0.6 is 0 Å². The Morgan fingerprint density at radius 3 is 1.84 bits per heavy atom. The summed E-state index contributed by atoms with van der Waals surface area (Å²) < 4.78 is 315. The zero-order valence-electron chi connectivity index (χ0n) is 61.3. The maximum Gasteiger partial charge on any atom is 0.145 e. The van der Waals surface area contributed by atoms with Crippen molar-refractivity contribution in [1.82, 2.24) is 4.57 Å². The van der Waals surface area contributed by atoms with Crippen LogP contribution in [0.3, 0.4) is 0 Å². The van der Waals surface area contributed by atoms with E-state index in [1.165, 1.54) is 0 Å². The van der Waals surface area contributed by atoms with Gasteiger partial charge in [-0.15, -0.1) is 0 Å². The molecule has 0 saturated carbocycles. The summed E-state index contributed by atoms with van der Waals surface area (Å²) in [6, 6.07) is -36.0. The molecule has 3 heteroatoms. The molecule has 0 aliphatic rings. The maximum atomic E-state index is 10.1. The van der Waals surface area contributed by atoms with Crippen molar-refractivity contribution in [3.05, 3.63) is 205 Å². The van der Waals surface area contributed by atoms with Crippen molar-refractivity contribution in [3.63, 3.8) is 0 Å². The Hall–Kier alpha value is -7.36. The predicted octanol–water partition coefficient (Wildman–Crippen LogP) is 14.6. The fraction of sp³-hybridized carbons (Fsp3) is 0. The van der Waals surface area contributed by atoms with Gasteiger partial charge in [0.15, 0.2) is 0 Å². The van der Waals surface area contributed by atoms with Crippen LogP contribution in [0.5, 0.6) is 0 Å². The van der Waals surface area contributed by atoms with Crippen molar-refractivity contribution < 1.29 is 51.0 Å². The van der Waals surface area contributed by atoms with Crippen LogP contribution in [0.2, 0.25) is 0 Å². The first kappa shape index (κ1) is 12.3. The number of furan rings is 1. The molecule has 3 nitrogen and oxygen atoms in total. The molecular weight excluding hydrogens is 669 g/mol. The van der Waals surface area contributed by atoms with Crippen LogP contribution in [-0.4, -0.2) is 4.57 Å². The van der Waals surface area contributed by atoms with Crippen molar-refractivity contribution in [2.75, 3.05) is 4.90 Å². The number of rotatable bonds is 6. The van der Waals surface area contributed by atoms with Gasteiger partial charge in [0, 0.05) is 38.8 Å². The first-order valence-corrected chi connectivity index (χ1v) is 16.0. The van der Waals surface area contributed by atoms with Crippen LogP contribution in [0.25, 0.3) is 82.5 Å². The van der Waals surface area contributed by atoms with E-state index in [0.717, 1.165) is 0 Å². The summed E-state index contributed by atoms with van der Waals surface area (Å²) in [5, 5.41) is -4.16. The first-order chi connectivity index (χ1) is 41.4. The lowest BCUT2D eigenvalue weighted by atomic mass is 9.97. The summed E-state index contributed by atoms with van der Waals surface area (Å²) in [6.45, 7) is 0. The molecule has 55 heavy (non-hydrogen) atoms. The smallest absolute Gasteiger partial charge is 0.145 e. The Balaban J connectivity index is 1.37. The number of hydrogen-bond acceptors (Lipinski definition) is 2. The molecule has 11 aromatic rings. The second kappa shape index (κ2) is 12.6. The summed E-state index contributed by atoms with van der Waals surface area (Å²) in [6.07, 6.45) is 0. The normalized spacial score (nSPS) is 20.3. The van der Waals surface area contributed by atoms with Gasteiger partial charge < -0.3 is 13.9 Å². The number of benzene rings is 9. The average molecular weight is 737 g/mol. The van der Waals surface area contributed by atoms with Crippen molar-refractivity contribution in [2.24, 2.45) is 0 Å². The van der Waals surface area contributed by atoms with Crippen molar-refractivity contribution in [1.29, 1.82) is 0 Å². The molecule has 0 bridgehead atoms. The SMILES string of the molecule is [2H]c1c([2H])c([2H])c(N(c2c([2H])c([2H])c(-c3c([2H])c([2H])c([2H])c4c([2H])c([2H])c([2H])c([2H])c34)c([2H])c2[2H])c2c([2H])c([2H])c(-c3c([2H])c([2H])c([2H])c(-n4c5c([2H])c([2H])c([2H])c([2H])c5c5c([2H])c([2H])c([2H])c([2H])c54)c3[2H])c3oc4c([2H])c([2H])c([2H])c([2H])c4c23)c([2H])c1[2H]. The second-order valence-electron chi connectivity index (χ2n) is 11.5. The summed E-state index contributed by atoms with van der Waals surface area (Å²) in [5.74, 6) is 0. The first-order valence-electron chi connectivity index (χ1n) is 33.0. The second-order valence-corrected chi connectivity index (χ2v) is 11.5. The third-order valence-electron chi connectivity index (χ3n) is 8.55. The molecular formula is C52H34N2O. The van der Waals surface area contributed by atoms with Crippen molar-refractivity contribution in [3.8, 4) is 27.9 Å². The lowest BCUT2D eigenvalue weighted by Gasteiger charge is -2.27. The van der Waals surface area contributed by atoms with Gasteiger partial charge in [-0.1, -0.05) is 139 Å². The minimum absolute atomic E-state index is 0.359. The van der Waals surface area contributed by atoms with E-state index in [-0.39, 0.29) is 0 Å². The molecule has 0 unspecified atom stereocenters. The lowest BCUT2D eigenvalue weighted by molar-refractivity contribution is 0.670. The average Bonchev–Trinajstić information content (AvgIpc) is 1.67. The topological polar surface area (TPSA) is 21.3 Å². The van der Waals surface area contributed by atoms with E-state index in [0.29, 0.717) is 9.47 Å². The van der Waals surface area contributed by atoms with Crippen LogP contribution in [0.1, 0.15) is 46.6 Å². The highest BCUT2D eigenvalue weighted by Crippen LogP contribution is 2.46. The molecule has 9 aromatic carbocycles. The van der Waals surface area contributed by atoms with Crippen LogP contribution in [-0.2, 0) is 0 Å². The van der Waals surface area contributed by atoms with Crippen LogP contribution in [0, 0.1) is 0 Å². The zero-order valence-corrected chi connectivity index (χ0v) is 27.3. The monoisotopic (exact) mass is 736 g/mol. The number of anilines is 3. The summed E-state index contributed by atoms with van der Waals surface area (Å²) >= 11 is 0. The van der Waals surface area contributed by atoms with Crippen LogP contribution in [0.15, 0.2) is 210 Å². The predicted molar refractivity (Wildman–Crippen MR) is 231 cm³/mol. The van der Waals surface area contributed by atoms with E-state index in [1.54, 1.807) is 0 Å². The maximum absolute atomic E-state index is 10.1. The highest BCUT2D eigenvalue weighted by molar-refractivity contribution is 6.17. The number of nitrogens with zero attached hydrogens (tertiary/aromatic N) is 2. The highest BCUT2D eigenvalue weighted by atomic mass is 16.3. The Morgan fingerprint density at radius 1 is 0.436 bits per heavy atom. The molecule has 258 valence electrons. The van der Waals surface area contributed by atoms with Gasteiger partial charge in [-0.3, -0.25) is 0 Å². The number of aromatic nitrogens is 1. The van der Waals surface area contributed by atoms with Crippen molar-refractivity contribution >= 4 is 71.6 Å². The van der Waals surface area contributed by atoms with Gasteiger partial charge in [-0.05, 0) is 93.9 Å². The molecule has 0 aliphatic carbocycles. The lowest BCUT2D eigenvalue weighted by Crippen LogP contribution is -2.10. The van der Waals surface area contributed by atoms with E-state index < -0.39 is 305 Å². The minimum Gasteiger partial charge on any atom is -0.455 e. The molecule has 2 aromatic heterocycles. The van der Waals surface area contributed by atoms with E-state index in [1.807, 2.05) is 0 Å². The number of hydrogen-bond donors (Lipinski definition) is 0. The number of para-hydroxylation sites is 4. The quantitative estimate of drug-likeness (QED) is 0.169. The van der Waals surface area contributed by atoms with Crippen molar-refractivity contribution in [2.45, 2.75) is 0 Å². The van der Waals surface area contributed by atoms with Gasteiger partial charge in [0.2, 0.25) is 0 Å². The molecule has 0 N–H and O–H groups in total. The summed E-state index contributed by atoms with van der Waals surface area (Å²) in [7, 11) is 0. The Kier molecular flexibility index (Phi) is 2.84. The van der Waals surface area contributed by atoms with Crippen LogP contribution < -0.4 is 4.90 Å². The fourth-order valence-corrected chi connectivity index (χ4v) is 6.26. The van der Waals surface area contributed by atoms with Gasteiger partial charge in [0.1, 0.15) is 11.2 Å². The standard InChI is InChI=1S/C52H34N2O/c1-2-17-38(18-3-1)53(39-30-28-36(29-31-39)42-24-13-15-35-14-4-5-20-41(35)42)49-33-32-43(52-51(49)46-23-8-11-27-50(46)55-52)37-16-12-19-40(34-37)54-47-25-9-6-21-44(47)45-22-7-10-26-48(45)54/h1-34H/i1D,2D,3D,4D,5D,6D,7D,8D,9D,10D,11D,12D,13D,14D,15D,16D,17D,18D,19D,20D,21D,22D,23D,24D,25D,26D,27D,28D,29D,30D,31D,32D,33D,34D. The highest BCUT2D eigenvalue weighted by Gasteiger charge is 2.23. The molecule has 0 atom stereocenters. The summed E-state index contributed by atoms with van der Waals surface area (Å²) in [5.41, 5.74) is -11.3. The van der Waals surface area contributed by atoms with E-state index in [9.17, 15) is 17.8 Å². The van der Waals surface area contributed by atoms with E-state index in [4.69, 9.17) is 33.2 Å². The molecule has 2 heterocycles. The Morgan fingerprint density at radius 2 is 1.05 bits per heavy atom. The minimum atomic E-state index is -1.34. The third kappa shape index (κ3) is 5.05. The van der Waals surface area contributed by atoms with Gasteiger partial charge in [-0.2, -0.15) is 0 Å². The zero-order chi connectivity index (χ0) is 65.9. The molecule has 0 saturated heterocycles. The molecule has 0 aliphatic heterocycles. The fourth-order valence-electron chi connectivity index (χ4n) is 6.26. The van der Waals surface area contributed by atoms with Gasteiger partial charge in [0.05, 0.1) is 68.7 Å². The molecule has 0 radical (unpaired) electrons. The van der Waals surface area contributed by atoms with Gasteiger partial charge >= 0.3 is 0 Å². The molecule has 0 amide bonds. The van der Waals surface area contributed by atoms with E-state index >= 15 is 0 Å². The van der Waals surface area contributed by atoms with Crippen LogP contribution in [0.4, 0.5) is 17.1 Å². The third-order valence-corrected chi connectivity index (χ3v) is 8.55.